The number of hydrogen-bond donors (Lipinski definition) is 0. The second kappa shape index (κ2) is 7.50. The van der Waals surface area contributed by atoms with Crippen LogP contribution in [0.4, 0.5) is 14.6 Å². The Hall–Kier alpha value is -3.49. The van der Waals surface area contributed by atoms with Crippen molar-refractivity contribution >= 4 is 11.7 Å². The van der Waals surface area contributed by atoms with E-state index in [1.165, 1.54) is 36.5 Å². The molecule has 0 fully saturated rings. The summed E-state index contributed by atoms with van der Waals surface area (Å²) in [4.78, 5) is 30.7. The van der Waals surface area contributed by atoms with Gasteiger partial charge in [0.2, 0.25) is 0 Å². The molecule has 0 radical (unpaired) electrons. The number of amides is 1. The van der Waals surface area contributed by atoms with Crippen LogP contribution in [0, 0.1) is 11.6 Å². The zero-order chi connectivity index (χ0) is 20.5. The number of halogens is 2. The highest BCUT2D eigenvalue weighted by atomic mass is 19.1. The van der Waals surface area contributed by atoms with Gasteiger partial charge in [-0.1, -0.05) is 13.3 Å². The SMILES string of the molecule is CCC[C@H]1c2cc(F)c(OC)cc2C(=O)N1c1nc(-c2ncccn2)ncc1F. The molecule has 1 amide bonds. The van der Waals surface area contributed by atoms with Gasteiger partial charge in [0.1, 0.15) is 0 Å². The number of anilines is 1. The fourth-order valence-electron chi connectivity index (χ4n) is 3.45. The molecule has 29 heavy (non-hydrogen) atoms. The molecule has 4 rings (SSSR count). The fourth-order valence-corrected chi connectivity index (χ4v) is 3.45. The molecule has 0 unspecified atom stereocenters. The summed E-state index contributed by atoms with van der Waals surface area (Å²) < 4.78 is 34.0. The quantitative estimate of drug-likeness (QED) is 0.653. The number of carbonyl (C=O) groups is 1. The lowest BCUT2D eigenvalue weighted by Crippen LogP contribution is -2.30. The van der Waals surface area contributed by atoms with Crippen molar-refractivity contribution in [2.45, 2.75) is 25.8 Å². The first-order valence-electron chi connectivity index (χ1n) is 9.06. The van der Waals surface area contributed by atoms with Crippen LogP contribution in [-0.2, 0) is 0 Å². The average molecular weight is 397 g/mol. The van der Waals surface area contributed by atoms with Crippen LogP contribution < -0.4 is 9.64 Å². The summed E-state index contributed by atoms with van der Waals surface area (Å²) in [5.74, 6) is -1.77. The van der Waals surface area contributed by atoms with E-state index >= 15 is 0 Å². The molecule has 0 saturated heterocycles. The molecule has 0 aliphatic carbocycles. The van der Waals surface area contributed by atoms with Gasteiger partial charge in [-0.3, -0.25) is 9.69 Å². The number of methoxy groups -OCH3 is 1. The van der Waals surface area contributed by atoms with Gasteiger partial charge in [0, 0.05) is 18.0 Å². The predicted molar refractivity (Wildman–Crippen MR) is 100 cm³/mol. The van der Waals surface area contributed by atoms with Gasteiger partial charge in [0.25, 0.3) is 5.91 Å². The van der Waals surface area contributed by atoms with Gasteiger partial charge in [-0.25, -0.2) is 28.7 Å². The predicted octanol–water partition coefficient (Wildman–Crippen LogP) is 3.72. The molecule has 0 bridgehead atoms. The smallest absolute Gasteiger partial charge is 0.260 e. The Bertz CT molecular complexity index is 1080. The Labute approximate surface area is 165 Å². The number of benzene rings is 1. The van der Waals surface area contributed by atoms with E-state index in [9.17, 15) is 13.6 Å². The van der Waals surface area contributed by atoms with Crippen LogP contribution in [0.1, 0.15) is 41.7 Å². The number of rotatable bonds is 5. The number of carbonyl (C=O) groups excluding carboxylic acids is 1. The normalized spacial score (nSPS) is 15.5. The molecule has 9 heteroatoms. The van der Waals surface area contributed by atoms with E-state index in [4.69, 9.17) is 4.74 Å². The highest BCUT2D eigenvalue weighted by molar-refractivity contribution is 6.11. The van der Waals surface area contributed by atoms with E-state index in [0.717, 1.165) is 6.20 Å². The topological polar surface area (TPSA) is 81.1 Å². The Kier molecular flexibility index (Phi) is 4.87. The molecule has 7 nitrogen and oxygen atoms in total. The zero-order valence-electron chi connectivity index (χ0n) is 15.8. The summed E-state index contributed by atoms with van der Waals surface area (Å²) >= 11 is 0. The van der Waals surface area contributed by atoms with Crippen LogP contribution in [0.15, 0.2) is 36.8 Å². The van der Waals surface area contributed by atoms with Gasteiger partial charge >= 0.3 is 0 Å². The van der Waals surface area contributed by atoms with Gasteiger partial charge in [-0.15, -0.1) is 0 Å². The molecular weight excluding hydrogens is 380 g/mol. The summed E-state index contributed by atoms with van der Waals surface area (Å²) in [6.45, 7) is 1.93. The van der Waals surface area contributed by atoms with Crippen LogP contribution in [0.2, 0.25) is 0 Å². The van der Waals surface area contributed by atoms with Crippen molar-refractivity contribution in [3.63, 3.8) is 0 Å². The van der Waals surface area contributed by atoms with E-state index in [0.29, 0.717) is 18.4 Å². The maximum Gasteiger partial charge on any atom is 0.260 e. The lowest BCUT2D eigenvalue weighted by molar-refractivity contribution is 0.0988. The Morgan fingerprint density at radius 3 is 2.55 bits per heavy atom. The summed E-state index contributed by atoms with van der Waals surface area (Å²) in [6.07, 6.45) is 5.21. The number of fused-ring (bicyclic) bond motifs is 1. The molecule has 1 aliphatic rings. The van der Waals surface area contributed by atoms with E-state index < -0.39 is 23.6 Å². The summed E-state index contributed by atoms with van der Waals surface area (Å²) in [6, 6.07) is 3.69. The monoisotopic (exact) mass is 397 g/mol. The molecule has 3 heterocycles. The molecular formula is C20H17F2N5O2. The van der Waals surface area contributed by atoms with E-state index in [1.807, 2.05) is 6.92 Å². The van der Waals surface area contributed by atoms with Crippen LogP contribution >= 0.6 is 0 Å². The van der Waals surface area contributed by atoms with Crippen molar-refractivity contribution in [2.75, 3.05) is 12.0 Å². The summed E-state index contributed by atoms with van der Waals surface area (Å²) in [5, 5.41) is 0. The largest absolute Gasteiger partial charge is 0.494 e. The molecule has 0 N–H and O–H groups in total. The van der Waals surface area contributed by atoms with E-state index in [1.54, 1.807) is 6.07 Å². The molecule has 3 aromatic rings. The Morgan fingerprint density at radius 1 is 1.10 bits per heavy atom. The minimum absolute atomic E-state index is 0.0456. The van der Waals surface area contributed by atoms with Crippen molar-refractivity contribution < 1.29 is 18.3 Å². The third-order valence-electron chi connectivity index (χ3n) is 4.73. The first-order valence-corrected chi connectivity index (χ1v) is 9.06. The molecule has 2 aromatic heterocycles. The van der Waals surface area contributed by atoms with Crippen molar-refractivity contribution in [1.82, 2.24) is 19.9 Å². The van der Waals surface area contributed by atoms with Crippen LogP contribution in [0.5, 0.6) is 5.75 Å². The van der Waals surface area contributed by atoms with Gasteiger partial charge in [-0.05, 0) is 30.2 Å². The number of hydrogen-bond acceptors (Lipinski definition) is 6. The third-order valence-corrected chi connectivity index (χ3v) is 4.73. The number of aromatic nitrogens is 4. The molecule has 0 saturated carbocycles. The molecule has 1 aromatic carbocycles. The lowest BCUT2D eigenvalue weighted by Gasteiger charge is -2.24. The Morgan fingerprint density at radius 2 is 1.86 bits per heavy atom. The zero-order valence-corrected chi connectivity index (χ0v) is 15.8. The van der Waals surface area contributed by atoms with Crippen molar-refractivity contribution in [2.24, 2.45) is 0 Å². The number of nitrogens with zero attached hydrogens (tertiary/aromatic N) is 5. The van der Waals surface area contributed by atoms with Crippen LogP contribution in [0.3, 0.4) is 0 Å². The first kappa shape index (κ1) is 18.9. The Balaban J connectivity index is 1.84. The second-order valence-corrected chi connectivity index (χ2v) is 6.49. The van der Waals surface area contributed by atoms with Gasteiger partial charge < -0.3 is 4.74 Å². The van der Waals surface area contributed by atoms with Crippen molar-refractivity contribution in [1.29, 1.82) is 0 Å². The highest BCUT2D eigenvalue weighted by Gasteiger charge is 2.40. The molecule has 0 spiro atoms. The molecule has 1 aliphatic heterocycles. The van der Waals surface area contributed by atoms with Crippen molar-refractivity contribution in [3.05, 3.63) is 59.6 Å². The minimum atomic E-state index is -0.764. The average Bonchev–Trinajstić information content (AvgIpc) is 2.99. The first-order chi connectivity index (χ1) is 14.0. The minimum Gasteiger partial charge on any atom is -0.494 e. The van der Waals surface area contributed by atoms with Crippen molar-refractivity contribution in [3.8, 4) is 17.4 Å². The molecule has 1 atom stereocenters. The fraction of sp³-hybridized carbons (Fsp3) is 0.250. The van der Waals surface area contributed by atoms with E-state index in [2.05, 4.69) is 19.9 Å². The van der Waals surface area contributed by atoms with Gasteiger partial charge in [-0.2, -0.15) is 0 Å². The van der Waals surface area contributed by atoms with E-state index in [-0.39, 0.29) is 28.8 Å². The third kappa shape index (κ3) is 3.18. The lowest BCUT2D eigenvalue weighted by atomic mass is 10.0. The van der Waals surface area contributed by atoms with Gasteiger partial charge in [0.15, 0.2) is 34.9 Å². The van der Waals surface area contributed by atoms with Crippen LogP contribution in [-0.4, -0.2) is 33.0 Å². The highest BCUT2D eigenvalue weighted by Crippen LogP contribution is 2.42. The maximum absolute atomic E-state index is 14.7. The molecule has 148 valence electrons. The number of ether oxygens (including phenoxy) is 1. The van der Waals surface area contributed by atoms with Crippen LogP contribution in [0.25, 0.3) is 11.6 Å². The maximum atomic E-state index is 14.7. The summed E-state index contributed by atoms with van der Waals surface area (Å²) in [5.41, 5.74) is 0.739. The van der Waals surface area contributed by atoms with Gasteiger partial charge in [0.05, 0.1) is 19.3 Å². The summed E-state index contributed by atoms with van der Waals surface area (Å²) in [7, 11) is 1.32. The standard InChI is InChI=1S/C20H17F2N5O2/c1-3-5-15-11-8-13(21)16(29-2)9-12(11)20(28)27(15)19-14(22)10-25-18(26-19)17-23-6-4-7-24-17/h4,6-10,15H,3,5H2,1-2H3/t15-/m0/s1. The second-order valence-electron chi connectivity index (χ2n) is 6.49.